The lowest BCUT2D eigenvalue weighted by Gasteiger charge is -2.37. The van der Waals surface area contributed by atoms with E-state index in [9.17, 15) is 14.7 Å². The van der Waals surface area contributed by atoms with Crippen molar-refractivity contribution in [1.29, 1.82) is 0 Å². The van der Waals surface area contributed by atoms with Crippen LogP contribution in [0.5, 0.6) is 0 Å². The summed E-state index contributed by atoms with van der Waals surface area (Å²) < 4.78 is 0. The molecule has 98 valence electrons. The van der Waals surface area contributed by atoms with Gasteiger partial charge in [0.15, 0.2) is 0 Å². The van der Waals surface area contributed by atoms with Crippen molar-refractivity contribution < 1.29 is 14.7 Å². The fourth-order valence-corrected chi connectivity index (χ4v) is 2.36. The van der Waals surface area contributed by atoms with Crippen LogP contribution in [0, 0.1) is 5.92 Å². The Morgan fingerprint density at radius 2 is 2.06 bits per heavy atom. The number of carboxylic acids is 1. The highest BCUT2D eigenvalue weighted by atomic mass is 16.4. The maximum Gasteiger partial charge on any atom is 0.330 e. The smallest absolute Gasteiger partial charge is 0.330 e. The summed E-state index contributed by atoms with van der Waals surface area (Å²) in [5, 5.41) is 13.4. The van der Waals surface area contributed by atoms with E-state index in [2.05, 4.69) is 10.7 Å². The van der Waals surface area contributed by atoms with E-state index < -0.39 is 17.5 Å². The fourth-order valence-electron chi connectivity index (χ4n) is 2.36. The predicted molar refractivity (Wildman–Crippen MR) is 63.4 cm³/mol. The third-order valence-electron chi connectivity index (χ3n) is 3.08. The van der Waals surface area contributed by atoms with Crippen molar-refractivity contribution in [2.45, 2.75) is 38.1 Å². The summed E-state index contributed by atoms with van der Waals surface area (Å²) in [6, 6.07) is -0.466. The second-order valence-electron chi connectivity index (χ2n) is 5.05. The van der Waals surface area contributed by atoms with Gasteiger partial charge in [-0.2, -0.15) is 0 Å². The Labute approximate surface area is 101 Å². The molecule has 0 radical (unpaired) electrons. The van der Waals surface area contributed by atoms with Crippen molar-refractivity contribution >= 4 is 12.0 Å². The van der Waals surface area contributed by atoms with E-state index in [0.29, 0.717) is 18.8 Å². The lowest BCUT2D eigenvalue weighted by atomic mass is 9.76. The largest absolute Gasteiger partial charge is 0.480 e. The molecule has 1 saturated carbocycles. The van der Waals surface area contributed by atoms with Gasteiger partial charge in [-0.15, -0.1) is 0 Å². The number of hydrazine groups is 1. The SMILES string of the molecule is CC1CCCC(NC(=O)NN(C)C)(C(=O)O)C1. The number of nitrogens with zero attached hydrogens (tertiary/aromatic N) is 1. The summed E-state index contributed by atoms with van der Waals surface area (Å²) >= 11 is 0. The number of carbonyl (C=O) groups is 2. The van der Waals surface area contributed by atoms with Gasteiger partial charge in [0.25, 0.3) is 0 Å². The Hall–Kier alpha value is -1.30. The molecule has 0 heterocycles. The fraction of sp³-hybridized carbons (Fsp3) is 0.818. The molecule has 17 heavy (non-hydrogen) atoms. The van der Waals surface area contributed by atoms with E-state index in [1.54, 1.807) is 14.1 Å². The zero-order chi connectivity index (χ0) is 13.1. The Morgan fingerprint density at radius 3 is 2.53 bits per heavy atom. The Morgan fingerprint density at radius 1 is 1.41 bits per heavy atom. The lowest BCUT2D eigenvalue weighted by Crippen LogP contribution is -2.60. The van der Waals surface area contributed by atoms with Gasteiger partial charge in [0.2, 0.25) is 0 Å². The number of rotatable bonds is 3. The standard InChI is InChI=1S/C11H21N3O3/c1-8-5-4-6-11(7-8,9(15)16)12-10(17)13-14(2)3/h8H,4-7H2,1-3H3,(H,15,16)(H2,12,13,17). The lowest BCUT2D eigenvalue weighted by molar-refractivity contribution is -0.146. The number of carbonyl (C=O) groups excluding carboxylic acids is 1. The monoisotopic (exact) mass is 243 g/mol. The first-order valence-corrected chi connectivity index (χ1v) is 5.85. The average molecular weight is 243 g/mol. The summed E-state index contributed by atoms with van der Waals surface area (Å²) in [4.78, 5) is 23.0. The summed E-state index contributed by atoms with van der Waals surface area (Å²) in [7, 11) is 3.35. The first-order chi connectivity index (χ1) is 7.85. The van der Waals surface area contributed by atoms with Crippen LogP contribution in [0.4, 0.5) is 4.79 Å². The molecule has 1 rings (SSSR count). The molecular weight excluding hydrogens is 222 g/mol. The van der Waals surface area contributed by atoms with E-state index in [1.807, 2.05) is 6.92 Å². The molecular formula is C11H21N3O3. The molecule has 6 nitrogen and oxygen atoms in total. The van der Waals surface area contributed by atoms with Gasteiger partial charge < -0.3 is 10.4 Å². The van der Waals surface area contributed by atoms with Gasteiger partial charge in [-0.25, -0.2) is 14.6 Å². The number of hydrogen-bond donors (Lipinski definition) is 3. The highest BCUT2D eigenvalue weighted by molar-refractivity contribution is 5.86. The summed E-state index contributed by atoms with van der Waals surface area (Å²) in [6.45, 7) is 2.02. The van der Waals surface area contributed by atoms with Crippen LogP contribution in [0.25, 0.3) is 0 Å². The molecule has 2 atom stereocenters. The third-order valence-corrected chi connectivity index (χ3v) is 3.08. The van der Waals surface area contributed by atoms with Crippen molar-refractivity contribution in [2.75, 3.05) is 14.1 Å². The maximum absolute atomic E-state index is 11.6. The molecule has 0 bridgehead atoms. The van der Waals surface area contributed by atoms with E-state index >= 15 is 0 Å². The highest BCUT2D eigenvalue weighted by Crippen LogP contribution is 2.32. The van der Waals surface area contributed by atoms with Crippen molar-refractivity contribution in [3.05, 3.63) is 0 Å². The number of amides is 2. The van der Waals surface area contributed by atoms with Gasteiger partial charge in [0, 0.05) is 14.1 Å². The number of urea groups is 1. The first-order valence-electron chi connectivity index (χ1n) is 5.85. The van der Waals surface area contributed by atoms with Gasteiger partial charge >= 0.3 is 12.0 Å². The molecule has 0 aromatic rings. The van der Waals surface area contributed by atoms with Crippen LogP contribution in [-0.4, -0.2) is 41.8 Å². The zero-order valence-corrected chi connectivity index (χ0v) is 10.6. The van der Waals surface area contributed by atoms with E-state index in [1.165, 1.54) is 5.01 Å². The minimum absolute atomic E-state index is 0.319. The minimum atomic E-state index is -1.11. The minimum Gasteiger partial charge on any atom is -0.480 e. The number of hydrogen-bond acceptors (Lipinski definition) is 3. The van der Waals surface area contributed by atoms with Crippen LogP contribution in [0.2, 0.25) is 0 Å². The molecule has 0 aromatic heterocycles. The van der Waals surface area contributed by atoms with E-state index in [-0.39, 0.29) is 0 Å². The predicted octanol–water partition coefficient (Wildman–Crippen LogP) is 0.796. The molecule has 0 aromatic carbocycles. The molecule has 6 heteroatoms. The van der Waals surface area contributed by atoms with Gasteiger partial charge in [0.05, 0.1) is 0 Å². The molecule has 0 saturated heterocycles. The van der Waals surface area contributed by atoms with Gasteiger partial charge in [-0.3, -0.25) is 5.43 Å². The summed E-state index contributed by atoms with van der Waals surface area (Å²) in [5.41, 5.74) is 1.39. The Bertz CT molecular complexity index is 306. The molecule has 1 aliphatic rings. The van der Waals surface area contributed by atoms with Gasteiger partial charge in [-0.1, -0.05) is 19.8 Å². The van der Waals surface area contributed by atoms with Gasteiger partial charge in [0.1, 0.15) is 5.54 Å². The highest BCUT2D eigenvalue weighted by Gasteiger charge is 2.43. The molecule has 2 amide bonds. The molecule has 0 aliphatic heterocycles. The second kappa shape index (κ2) is 5.35. The molecule has 0 spiro atoms. The maximum atomic E-state index is 11.6. The van der Waals surface area contributed by atoms with Crippen LogP contribution in [0.1, 0.15) is 32.6 Å². The van der Waals surface area contributed by atoms with Crippen molar-refractivity contribution in [3.8, 4) is 0 Å². The van der Waals surface area contributed by atoms with Crippen LogP contribution >= 0.6 is 0 Å². The molecule has 3 N–H and O–H groups in total. The average Bonchev–Trinajstić information content (AvgIpc) is 2.15. The zero-order valence-electron chi connectivity index (χ0n) is 10.6. The van der Waals surface area contributed by atoms with E-state index in [0.717, 1.165) is 12.8 Å². The van der Waals surface area contributed by atoms with Crippen LogP contribution in [-0.2, 0) is 4.79 Å². The molecule has 1 aliphatic carbocycles. The topological polar surface area (TPSA) is 81.7 Å². The number of carboxylic acid groups (broad SMARTS) is 1. The van der Waals surface area contributed by atoms with Crippen LogP contribution in [0.15, 0.2) is 0 Å². The quantitative estimate of drug-likeness (QED) is 0.640. The van der Waals surface area contributed by atoms with Crippen molar-refractivity contribution in [2.24, 2.45) is 5.92 Å². The first kappa shape index (κ1) is 13.8. The van der Waals surface area contributed by atoms with E-state index in [4.69, 9.17) is 0 Å². The Kier molecular flexibility index (Phi) is 4.34. The number of aliphatic carboxylic acids is 1. The Balaban J connectivity index is 2.71. The second-order valence-corrected chi connectivity index (χ2v) is 5.05. The van der Waals surface area contributed by atoms with Crippen LogP contribution < -0.4 is 10.7 Å². The third kappa shape index (κ3) is 3.59. The van der Waals surface area contributed by atoms with Crippen LogP contribution in [0.3, 0.4) is 0 Å². The normalized spacial score (nSPS) is 28.8. The molecule has 1 fully saturated rings. The summed E-state index contributed by atoms with van der Waals surface area (Å²) in [6.07, 6.45) is 2.83. The summed E-state index contributed by atoms with van der Waals surface area (Å²) in [5.74, 6) is -0.627. The van der Waals surface area contributed by atoms with Crippen molar-refractivity contribution in [3.63, 3.8) is 0 Å². The molecule has 2 unspecified atom stereocenters. The van der Waals surface area contributed by atoms with Crippen molar-refractivity contribution in [1.82, 2.24) is 15.8 Å². The number of nitrogens with one attached hydrogen (secondary N) is 2. The van der Waals surface area contributed by atoms with Gasteiger partial charge in [-0.05, 0) is 18.8 Å².